The Labute approximate surface area is 616 Å². The summed E-state index contributed by atoms with van der Waals surface area (Å²) in [6, 6.07) is -21.0. The summed E-state index contributed by atoms with van der Waals surface area (Å²) in [6.07, 6.45) is -1.71. The Kier molecular flexibility index (Phi) is 46.5. The van der Waals surface area contributed by atoms with Crippen molar-refractivity contribution >= 4 is 124 Å². The fourth-order valence-electron chi connectivity index (χ4n) is 9.44. The molecule has 0 aliphatic rings. The highest BCUT2D eigenvalue weighted by Gasteiger charge is 2.36. The number of thioether (sulfide) groups is 1. The molecule has 0 aromatic carbocycles. The van der Waals surface area contributed by atoms with Crippen molar-refractivity contribution in [1.29, 1.82) is 0 Å². The molecule has 0 radical (unpaired) electrons. The topological polar surface area (TPSA) is 698 Å². The van der Waals surface area contributed by atoms with Crippen LogP contribution in [0.3, 0.4) is 0 Å². The molecular weight excluding hydrogens is 1420 g/mol. The lowest BCUT2D eigenvalue weighted by atomic mass is 10.0. The fraction of sp³-hybridized carbons (Fsp3) is 0.698. The van der Waals surface area contributed by atoms with Crippen LogP contribution in [0.25, 0.3) is 0 Å². The van der Waals surface area contributed by atoms with E-state index in [1.165, 1.54) is 32.5 Å². The summed E-state index contributed by atoms with van der Waals surface area (Å²) in [6.45, 7) is 7.76. The Bertz CT molecular complexity index is 3040. The zero-order valence-corrected chi connectivity index (χ0v) is 61.5. The number of carboxylic acids is 4. The Morgan fingerprint density at radius 3 is 1.00 bits per heavy atom. The lowest BCUT2D eigenvalue weighted by Gasteiger charge is -2.27. The van der Waals surface area contributed by atoms with Crippen LogP contribution in [-0.4, -0.2) is 261 Å². The van der Waals surface area contributed by atoms with Crippen LogP contribution in [0.1, 0.15) is 151 Å². The van der Waals surface area contributed by atoms with Gasteiger partial charge in [-0.2, -0.15) is 11.8 Å². The van der Waals surface area contributed by atoms with E-state index in [0.29, 0.717) is 25.0 Å². The summed E-state index contributed by atoms with van der Waals surface area (Å²) in [5.41, 5.74) is 22.2. The monoisotopic (exact) mass is 1530 g/mol. The number of carbonyl (C=O) groups is 19. The van der Waals surface area contributed by atoms with E-state index in [-0.39, 0.29) is 51.6 Å². The number of rotatable bonds is 55. The first kappa shape index (κ1) is 96.1. The quantitative estimate of drug-likeness (QED) is 0.0252. The third-order valence-electron chi connectivity index (χ3n) is 15.6. The number of hydrogen-bond acceptors (Lipinski definition) is 24. The van der Waals surface area contributed by atoms with E-state index in [1.54, 1.807) is 20.1 Å². The number of hydrogen-bond donors (Lipinski definition) is 23. The molecule has 15 amide bonds. The molecule has 0 aliphatic heterocycles. The van der Waals surface area contributed by atoms with Gasteiger partial charge in [0, 0.05) is 25.7 Å². The number of aliphatic hydroxyl groups is 1. The van der Waals surface area contributed by atoms with Crippen LogP contribution in [0.2, 0.25) is 0 Å². The van der Waals surface area contributed by atoms with E-state index in [2.05, 4.69) is 74.4 Å². The van der Waals surface area contributed by atoms with Crippen LogP contribution in [0.4, 0.5) is 0 Å². The lowest BCUT2D eigenvalue weighted by molar-refractivity contribution is -0.143. The normalized spacial score (nSPS) is 15.0. The minimum absolute atomic E-state index is 0.0199. The molecule has 0 bridgehead atoms. The predicted octanol–water partition coefficient (Wildman–Crippen LogP) is -8.17. The van der Waals surface area contributed by atoms with Crippen LogP contribution in [-0.2, 0) is 91.1 Å². The number of aliphatic carboxylic acids is 4. The van der Waals surface area contributed by atoms with Gasteiger partial charge >= 0.3 is 23.9 Å². The van der Waals surface area contributed by atoms with Crippen molar-refractivity contribution in [2.75, 3.05) is 38.2 Å². The average Bonchev–Trinajstić information content (AvgIpc) is 0.869. The number of primary amides is 1. The molecule has 0 rings (SSSR count). The third-order valence-corrected chi connectivity index (χ3v) is 16.2. The van der Waals surface area contributed by atoms with Crippen molar-refractivity contribution in [3.8, 4) is 0 Å². The molecule has 43 heteroatoms. The predicted molar refractivity (Wildman–Crippen MR) is 376 cm³/mol. The first-order valence-electron chi connectivity index (χ1n) is 34.3. The van der Waals surface area contributed by atoms with Crippen molar-refractivity contribution in [2.24, 2.45) is 28.9 Å². The van der Waals surface area contributed by atoms with Crippen molar-refractivity contribution < 1.29 is 117 Å². The Morgan fingerprint density at radius 2 is 0.651 bits per heavy atom. The van der Waals surface area contributed by atoms with Gasteiger partial charge in [-0.25, -0.2) is 4.79 Å². The second-order valence-corrected chi connectivity index (χ2v) is 26.3. The molecule has 0 aromatic heterocycles. The molecule has 0 fully saturated rings. The van der Waals surface area contributed by atoms with E-state index >= 15 is 0 Å². The van der Waals surface area contributed by atoms with Gasteiger partial charge in [0.1, 0.15) is 78.5 Å². The number of unbranched alkanes of at least 4 members (excludes halogenated alkanes) is 2. The first-order valence-corrected chi connectivity index (χ1v) is 35.7. The van der Waals surface area contributed by atoms with Crippen molar-refractivity contribution in [2.45, 2.75) is 236 Å². The summed E-state index contributed by atoms with van der Waals surface area (Å²) in [4.78, 5) is 246. The molecule has 0 unspecified atom stereocenters. The van der Waals surface area contributed by atoms with Gasteiger partial charge in [0.05, 0.1) is 19.2 Å². The van der Waals surface area contributed by atoms with Crippen LogP contribution < -0.4 is 97.4 Å². The number of nitrogens with one attached hydrogen (secondary N) is 14. The second kappa shape index (κ2) is 51.3. The Hall–Kier alpha value is -9.88. The molecule has 27 N–H and O–H groups in total. The molecule has 14 atom stereocenters. The third kappa shape index (κ3) is 39.8. The highest BCUT2D eigenvalue weighted by atomic mass is 32.2. The number of carboxylic acid groups (broad SMARTS) is 4. The highest BCUT2D eigenvalue weighted by Crippen LogP contribution is 2.12. The molecule has 600 valence electrons. The van der Waals surface area contributed by atoms with Gasteiger partial charge in [0.15, 0.2) is 0 Å². The number of amides is 15. The molecule has 42 nitrogen and oxygen atoms in total. The summed E-state index contributed by atoms with van der Waals surface area (Å²) in [5.74, 6) is -20.7. The van der Waals surface area contributed by atoms with E-state index in [0.717, 1.165) is 13.8 Å². The summed E-state index contributed by atoms with van der Waals surface area (Å²) >= 11 is 1.35. The molecule has 0 saturated heterocycles. The summed E-state index contributed by atoms with van der Waals surface area (Å²) in [7, 11) is 0. The Morgan fingerprint density at radius 1 is 0.349 bits per heavy atom. The van der Waals surface area contributed by atoms with Crippen LogP contribution >= 0.6 is 11.8 Å². The standard InChI is InChI=1S/C63H108N18O24S/c1-30(2)27-43(80-62(103)44(29-82)81-54(95)35(7)72-57(98)38(15-19-45(67)83)77-60(101)41(23-26-106-8)74-50(91)31(3)66)61(102)78-40(17-21-48(87)88)59(100)71-33(5)52(93)76-39(16-20-47(85)86)58(99)70-32(4)51(92)75-36(13-9-11-24-64)55(96)68-28-46(84)73-37(14-10-12-25-65)56(97)69-34(6)53(94)79-42(63(104)105)18-22-49(89)90/h30-44,82H,9-29,64-66H2,1-8H3,(H2,67,83)(H,68,96)(H,69,97)(H,70,99)(H,71,100)(H,72,98)(H,73,84)(H,74,91)(H,75,92)(H,76,93)(H,77,101)(H,78,102)(H,79,94)(H,80,103)(H,81,95)(H,85,86)(H,87,88)(H,89,90)(H,104,105)/t31-,32-,33-,34-,35-,36-,37-,38-,39-,40-,41-,42-,43-,44-/m0/s1. The average molecular weight is 1530 g/mol. The minimum atomic E-state index is -1.83. The molecule has 106 heavy (non-hydrogen) atoms. The highest BCUT2D eigenvalue weighted by molar-refractivity contribution is 7.98. The number of nitrogens with two attached hydrogens (primary N) is 4. The maximum atomic E-state index is 14.0. The summed E-state index contributed by atoms with van der Waals surface area (Å²) in [5, 5.41) is 80.6. The number of carbonyl (C=O) groups excluding carboxylic acids is 15. The smallest absolute Gasteiger partial charge is 0.326 e. The largest absolute Gasteiger partial charge is 0.481 e. The fourth-order valence-corrected chi connectivity index (χ4v) is 9.91. The maximum absolute atomic E-state index is 14.0. The molecule has 0 spiro atoms. The maximum Gasteiger partial charge on any atom is 0.326 e. The van der Waals surface area contributed by atoms with E-state index < -0.39 is 261 Å². The summed E-state index contributed by atoms with van der Waals surface area (Å²) < 4.78 is 0. The molecule has 0 saturated carbocycles. The van der Waals surface area contributed by atoms with Gasteiger partial charge in [-0.3, -0.25) is 86.3 Å². The lowest BCUT2D eigenvalue weighted by Crippen LogP contribution is -2.60. The molecule has 0 aliphatic carbocycles. The Balaban J connectivity index is 6.39. The minimum Gasteiger partial charge on any atom is -0.481 e. The van der Waals surface area contributed by atoms with E-state index in [9.17, 15) is 112 Å². The van der Waals surface area contributed by atoms with E-state index in [4.69, 9.17) is 28.0 Å². The van der Waals surface area contributed by atoms with Crippen molar-refractivity contribution in [3.05, 3.63) is 0 Å². The molecule has 0 aromatic rings. The first-order chi connectivity index (χ1) is 49.6. The second-order valence-electron chi connectivity index (χ2n) is 25.3. The zero-order chi connectivity index (χ0) is 81.1. The number of aliphatic hydroxyl groups excluding tert-OH is 1. The van der Waals surface area contributed by atoms with Crippen LogP contribution in [0, 0.1) is 5.92 Å². The van der Waals surface area contributed by atoms with Crippen molar-refractivity contribution in [3.63, 3.8) is 0 Å². The van der Waals surface area contributed by atoms with Gasteiger partial charge in [0.25, 0.3) is 0 Å². The van der Waals surface area contributed by atoms with Gasteiger partial charge in [-0.05, 0) is 143 Å². The van der Waals surface area contributed by atoms with E-state index in [1.807, 2.05) is 0 Å². The van der Waals surface area contributed by atoms with Gasteiger partial charge in [-0.1, -0.05) is 13.8 Å². The molecular formula is C63H108N18O24S. The van der Waals surface area contributed by atoms with Gasteiger partial charge in [-0.15, -0.1) is 0 Å². The van der Waals surface area contributed by atoms with Gasteiger partial charge < -0.3 is 123 Å². The van der Waals surface area contributed by atoms with Crippen LogP contribution in [0.5, 0.6) is 0 Å². The van der Waals surface area contributed by atoms with Gasteiger partial charge in [0.2, 0.25) is 88.6 Å². The zero-order valence-electron chi connectivity index (χ0n) is 60.7. The molecule has 0 heterocycles. The SMILES string of the molecule is CSCC[C@H](NC(=O)[C@H](C)N)C(=O)N[C@@H](CCC(N)=O)C(=O)N[C@@H](C)C(=O)N[C@@H](CO)C(=O)N[C@@H](CC(C)C)C(=O)N[C@@H](CCC(=O)O)C(=O)N[C@@H](C)C(=O)N[C@@H](CCC(=O)O)C(=O)N[C@@H](C)C(=O)N[C@@H](CCCCN)C(=O)NCC(=O)N[C@@H](CCCCN)C(=O)N[C@@H](C)C(=O)N[C@@H](CCC(=O)O)C(=O)O. The van der Waals surface area contributed by atoms with Crippen molar-refractivity contribution in [1.82, 2.24) is 74.4 Å². The van der Waals surface area contributed by atoms with Crippen LogP contribution in [0.15, 0.2) is 0 Å².